The van der Waals surface area contributed by atoms with Gasteiger partial charge in [0.05, 0.1) is 11.7 Å². The Hall–Kier alpha value is -1.30. The second-order valence-corrected chi connectivity index (χ2v) is 6.46. The predicted molar refractivity (Wildman–Crippen MR) is 72.7 cm³/mol. The summed E-state index contributed by atoms with van der Waals surface area (Å²) in [4.78, 5) is 23.0. The monoisotopic (exact) mass is 274 g/mol. The van der Waals surface area contributed by atoms with E-state index in [0.717, 1.165) is 0 Å². The van der Waals surface area contributed by atoms with Crippen LogP contribution >= 0.6 is 0 Å². The van der Waals surface area contributed by atoms with Crippen LogP contribution in [0.2, 0.25) is 0 Å². The molecule has 2 atom stereocenters. The third-order valence-electron chi connectivity index (χ3n) is 1.99. The molecule has 0 aliphatic heterocycles. The van der Waals surface area contributed by atoms with E-state index in [2.05, 4.69) is 5.32 Å². The molecule has 2 unspecified atom stereocenters. The number of carbonyl (C=O) groups excluding carboxylic acids is 2. The van der Waals surface area contributed by atoms with Crippen LogP contribution in [0.4, 0.5) is 4.79 Å². The molecular weight excluding hydrogens is 248 g/mol. The van der Waals surface area contributed by atoms with Crippen molar-refractivity contribution in [3.63, 3.8) is 0 Å². The highest BCUT2D eigenvalue weighted by molar-refractivity contribution is 5.84. The summed E-state index contributed by atoms with van der Waals surface area (Å²) in [6.07, 6.45) is -1.24. The van der Waals surface area contributed by atoms with Gasteiger partial charge in [0.25, 0.3) is 0 Å². The van der Waals surface area contributed by atoms with Crippen molar-refractivity contribution < 1.29 is 19.1 Å². The van der Waals surface area contributed by atoms with Crippen molar-refractivity contribution in [3.8, 4) is 0 Å². The third kappa shape index (κ3) is 8.42. The molecule has 6 nitrogen and oxygen atoms in total. The molecule has 0 fully saturated rings. The molecule has 0 bridgehead atoms. The number of nitrogens with one attached hydrogen (secondary N) is 1. The van der Waals surface area contributed by atoms with Gasteiger partial charge in [-0.1, -0.05) is 0 Å². The summed E-state index contributed by atoms with van der Waals surface area (Å²) < 4.78 is 10.7. The Labute approximate surface area is 115 Å². The normalized spacial score (nSPS) is 15.5. The van der Waals surface area contributed by atoms with E-state index in [9.17, 15) is 9.59 Å². The molecule has 112 valence electrons. The van der Waals surface area contributed by atoms with Gasteiger partial charge in [0.15, 0.2) is 0 Å². The molecule has 0 aromatic carbocycles. The van der Waals surface area contributed by atoms with E-state index in [4.69, 9.17) is 15.2 Å². The molecule has 0 saturated heterocycles. The van der Waals surface area contributed by atoms with E-state index >= 15 is 0 Å². The van der Waals surface area contributed by atoms with Gasteiger partial charge < -0.3 is 20.5 Å². The van der Waals surface area contributed by atoms with Crippen molar-refractivity contribution in [2.24, 2.45) is 5.73 Å². The van der Waals surface area contributed by atoms with Crippen molar-refractivity contribution in [2.75, 3.05) is 0 Å². The Balaban J connectivity index is 4.67. The highest BCUT2D eigenvalue weighted by atomic mass is 16.6. The van der Waals surface area contributed by atoms with Gasteiger partial charge in [-0.2, -0.15) is 0 Å². The average molecular weight is 274 g/mol. The SMILES string of the molecule is CC(OC(C)(C)C)C(NC(=O)OC(C)(C)C)C(N)=O. The van der Waals surface area contributed by atoms with E-state index in [-0.39, 0.29) is 0 Å². The topological polar surface area (TPSA) is 90.7 Å². The lowest BCUT2D eigenvalue weighted by atomic mass is 10.1. The molecule has 0 radical (unpaired) electrons. The molecule has 2 amide bonds. The molecule has 0 aliphatic carbocycles. The number of carbonyl (C=O) groups is 2. The van der Waals surface area contributed by atoms with Crippen molar-refractivity contribution >= 4 is 12.0 Å². The summed E-state index contributed by atoms with van der Waals surface area (Å²) in [6.45, 7) is 12.5. The van der Waals surface area contributed by atoms with Crippen molar-refractivity contribution in [1.29, 1.82) is 0 Å². The Morgan fingerprint density at radius 2 is 1.53 bits per heavy atom. The number of ether oxygens (including phenoxy) is 2. The zero-order valence-corrected chi connectivity index (χ0v) is 12.9. The standard InChI is InChI=1S/C13H26N2O4/c1-8(18-12(2,3)4)9(10(14)16)15-11(17)19-13(5,6)7/h8-9H,1-7H3,(H2,14,16)(H,15,17). The number of nitrogens with two attached hydrogens (primary N) is 1. The van der Waals surface area contributed by atoms with Crippen LogP contribution < -0.4 is 11.1 Å². The van der Waals surface area contributed by atoms with Crippen LogP contribution in [-0.4, -0.2) is 35.3 Å². The summed E-state index contributed by atoms with van der Waals surface area (Å²) in [5.41, 5.74) is 4.20. The lowest BCUT2D eigenvalue weighted by Gasteiger charge is -2.30. The highest BCUT2D eigenvalue weighted by Gasteiger charge is 2.30. The summed E-state index contributed by atoms with van der Waals surface area (Å²) in [5.74, 6) is -0.664. The van der Waals surface area contributed by atoms with Crippen LogP contribution in [0.25, 0.3) is 0 Å². The minimum atomic E-state index is -0.936. The first-order valence-electron chi connectivity index (χ1n) is 6.28. The molecule has 0 saturated carbocycles. The van der Waals surface area contributed by atoms with Crippen LogP contribution in [0.5, 0.6) is 0 Å². The molecule has 0 aliphatic rings. The molecule has 3 N–H and O–H groups in total. The van der Waals surface area contributed by atoms with Crippen LogP contribution in [0.1, 0.15) is 48.5 Å². The molecular formula is C13H26N2O4. The van der Waals surface area contributed by atoms with Gasteiger partial charge >= 0.3 is 6.09 Å². The maximum absolute atomic E-state index is 11.6. The fourth-order valence-electron chi connectivity index (χ4n) is 1.48. The largest absolute Gasteiger partial charge is 0.444 e. The Kier molecular flexibility index (Phi) is 5.81. The van der Waals surface area contributed by atoms with Gasteiger partial charge in [0.2, 0.25) is 5.91 Å². The van der Waals surface area contributed by atoms with Crippen LogP contribution in [0.3, 0.4) is 0 Å². The summed E-state index contributed by atoms with van der Waals surface area (Å²) >= 11 is 0. The third-order valence-corrected chi connectivity index (χ3v) is 1.99. The fourth-order valence-corrected chi connectivity index (χ4v) is 1.48. The molecule has 19 heavy (non-hydrogen) atoms. The number of hydrogen-bond acceptors (Lipinski definition) is 4. The molecule has 0 rings (SSSR count). The first kappa shape index (κ1) is 17.7. The zero-order chi connectivity index (χ0) is 15.4. The summed E-state index contributed by atoms with van der Waals surface area (Å²) in [7, 11) is 0. The number of primary amides is 1. The first-order valence-corrected chi connectivity index (χ1v) is 6.28. The predicted octanol–water partition coefficient (Wildman–Crippen LogP) is 1.57. The average Bonchev–Trinajstić information content (AvgIpc) is 2.07. The zero-order valence-electron chi connectivity index (χ0n) is 12.9. The maximum Gasteiger partial charge on any atom is 0.408 e. The molecule has 6 heteroatoms. The first-order chi connectivity index (χ1) is 8.32. The molecule has 0 heterocycles. The van der Waals surface area contributed by atoms with Gasteiger partial charge in [-0.15, -0.1) is 0 Å². The van der Waals surface area contributed by atoms with Gasteiger partial charge in [0.1, 0.15) is 11.6 Å². The lowest BCUT2D eigenvalue weighted by Crippen LogP contribution is -2.53. The fraction of sp³-hybridized carbons (Fsp3) is 0.846. The van der Waals surface area contributed by atoms with Crippen LogP contribution in [0.15, 0.2) is 0 Å². The Morgan fingerprint density at radius 3 is 1.84 bits per heavy atom. The van der Waals surface area contributed by atoms with Crippen molar-refractivity contribution in [3.05, 3.63) is 0 Å². The number of rotatable bonds is 4. The molecule has 0 aromatic heterocycles. The van der Waals surface area contributed by atoms with E-state index in [0.29, 0.717) is 0 Å². The van der Waals surface area contributed by atoms with E-state index < -0.39 is 35.3 Å². The minimum absolute atomic E-state index is 0.442. The maximum atomic E-state index is 11.6. The van der Waals surface area contributed by atoms with E-state index in [1.54, 1.807) is 27.7 Å². The highest BCUT2D eigenvalue weighted by Crippen LogP contribution is 2.14. The second-order valence-electron chi connectivity index (χ2n) is 6.46. The smallest absolute Gasteiger partial charge is 0.408 e. The van der Waals surface area contributed by atoms with Gasteiger partial charge in [-0.3, -0.25) is 4.79 Å². The number of amides is 2. The lowest BCUT2D eigenvalue weighted by molar-refractivity contribution is -0.128. The molecule has 0 spiro atoms. The van der Waals surface area contributed by atoms with Crippen molar-refractivity contribution in [1.82, 2.24) is 5.32 Å². The van der Waals surface area contributed by atoms with Gasteiger partial charge in [0, 0.05) is 0 Å². The van der Waals surface area contributed by atoms with Crippen molar-refractivity contribution in [2.45, 2.75) is 71.8 Å². The summed E-state index contributed by atoms with van der Waals surface area (Å²) in [5, 5.41) is 2.43. The van der Waals surface area contributed by atoms with Crippen LogP contribution in [0, 0.1) is 0 Å². The van der Waals surface area contributed by atoms with Crippen LogP contribution in [-0.2, 0) is 14.3 Å². The Morgan fingerprint density at radius 1 is 1.05 bits per heavy atom. The summed E-state index contributed by atoms with van der Waals surface area (Å²) in [6, 6.07) is -0.936. The quantitative estimate of drug-likeness (QED) is 0.814. The number of alkyl carbamates (subject to hydrolysis) is 1. The van der Waals surface area contributed by atoms with Gasteiger partial charge in [-0.25, -0.2) is 4.79 Å². The second kappa shape index (κ2) is 6.23. The van der Waals surface area contributed by atoms with E-state index in [1.807, 2.05) is 20.8 Å². The Bertz CT molecular complexity index is 329. The van der Waals surface area contributed by atoms with E-state index in [1.165, 1.54) is 0 Å². The minimum Gasteiger partial charge on any atom is -0.444 e. The molecule has 0 aromatic rings. The van der Waals surface area contributed by atoms with Gasteiger partial charge in [-0.05, 0) is 48.5 Å². The number of hydrogen-bond donors (Lipinski definition) is 2.